The number of nitrogens with two attached hydrogens (primary N) is 1. The number of hydrogen-bond donors (Lipinski definition) is 4. The average Bonchev–Trinajstić information content (AvgIpc) is 2.77. The molecule has 177 valence electrons. The van der Waals surface area contributed by atoms with Gasteiger partial charge >= 0.3 is 0 Å². The van der Waals surface area contributed by atoms with E-state index in [1.165, 1.54) is 42.5 Å². The smallest absolute Gasteiger partial charge is 0.296 e. The number of nitrogens with one attached hydrogen (secondary N) is 1. The number of hydrogen-bond acceptors (Lipinski definition) is 9. The van der Waals surface area contributed by atoms with Gasteiger partial charge in [0.1, 0.15) is 4.90 Å². The van der Waals surface area contributed by atoms with Crippen molar-refractivity contribution in [3.05, 3.63) is 76.9 Å². The van der Waals surface area contributed by atoms with Crippen LogP contribution in [0.5, 0.6) is 0 Å². The van der Waals surface area contributed by atoms with Crippen molar-refractivity contribution in [1.82, 2.24) is 0 Å². The molecule has 1 aliphatic rings. The van der Waals surface area contributed by atoms with Crippen molar-refractivity contribution >= 4 is 78.1 Å². The Labute approximate surface area is 223 Å². The number of aliphatic hydroxyl groups excluding tert-OH is 1. The van der Waals surface area contributed by atoms with Crippen molar-refractivity contribution in [1.29, 1.82) is 0 Å². The Morgan fingerprint density at radius 3 is 2.03 bits per heavy atom. The summed E-state index contributed by atoms with van der Waals surface area (Å²) in [5.74, 6) is -1.81. The van der Waals surface area contributed by atoms with E-state index in [0.717, 1.165) is 6.07 Å². The molecule has 5 N–H and O–H groups in total. The number of anilines is 3. The van der Waals surface area contributed by atoms with E-state index in [1.54, 1.807) is 6.07 Å². The molecule has 1 aliphatic carbocycles. The fourth-order valence-electron chi connectivity index (χ4n) is 3.77. The zero-order valence-corrected chi connectivity index (χ0v) is 22.0. The van der Waals surface area contributed by atoms with E-state index in [1.807, 2.05) is 0 Å². The topological polar surface area (TPSA) is 181 Å². The van der Waals surface area contributed by atoms with Crippen molar-refractivity contribution in [2.45, 2.75) is 9.79 Å². The number of carbonyl (C=O) groups excluding carboxylic acids is 2. The van der Waals surface area contributed by atoms with E-state index in [-0.39, 0.29) is 68.1 Å². The van der Waals surface area contributed by atoms with Crippen molar-refractivity contribution in [3.63, 3.8) is 0 Å². The summed E-state index contributed by atoms with van der Waals surface area (Å²) in [5.41, 5.74) is 4.86. The van der Waals surface area contributed by atoms with Crippen LogP contribution in [0.2, 0.25) is 0 Å². The molecule has 4 rings (SSSR count). The van der Waals surface area contributed by atoms with Crippen molar-refractivity contribution in [3.8, 4) is 0 Å². The SMILES string of the molecule is Nc1c(S(=O)(=O)O)cc(Nc2cccc(S(=O)(=O)CCO)c2)c2c1C(=O)c1ccccc1C2=O.[Na]. The van der Waals surface area contributed by atoms with Gasteiger partial charge in [-0.1, -0.05) is 30.3 Å². The first-order valence-corrected chi connectivity index (χ1v) is 12.9. The van der Waals surface area contributed by atoms with E-state index in [9.17, 15) is 31.0 Å². The molecule has 35 heavy (non-hydrogen) atoms. The van der Waals surface area contributed by atoms with E-state index < -0.39 is 54.5 Å². The first kappa shape index (κ1) is 27.0. The molecule has 10 nitrogen and oxygen atoms in total. The minimum absolute atomic E-state index is 0. The largest absolute Gasteiger partial charge is 0.397 e. The van der Waals surface area contributed by atoms with E-state index in [0.29, 0.717) is 0 Å². The third-order valence-electron chi connectivity index (χ3n) is 5.31. The minimum atomic E-state index is -4.89. The molecule has 0 spiro atoms. The summed E-state index contributed by atoms with van der Waals surface area (Å²) in [6.07, 6.45) is 0. The van der Waals surface area contributed by atoms with Crippen LogP contribution in [-0.4, -0.2) is 80.0 Å². The summed E-state index contributed by atoms with van der Waals surface area (Å²) in [7, 11) is -8.70. The maximum atomic E-state index is 13.3. The van der Waals surface area contributed by atoms with Crippen LogP contribution in [0.3, 0.4) is 0 Å². The van der Waals surface area contributed by atoms with E-state index >= 15 is 0 Å². The Morgan fingerprint density at radius 1 is 0.857 bits per heavy atom. The van der Waals surface area contributed by atoms with Crippen LogP contribution in [0, 0.1) is 0 Å². The van der Waals surface area contributed by atoms with Crippen LogP contribution in [0.25, 0.3) is 0 Å². The second kappa shape index (κ2) is 9.82. The molecule has 1 radical (unpaired) electrons. The van der Waals surface area contributed by atoms with Gasteiger partial charge in [-0.15, -0.1) is 0 Å². The van der Waals surface area contributed by atoms with Crippen LogP contribution in [-0.2, 0) is 20.0 Å². The molecule has 0 fully saturated rings. The molecule has 0 atom stereocenters. The number of benzene rings is 3. The van der Waals surface area contributed by atoms with Crippen LogP contribution in [0.1, 0.15) is 31.8 Å². The second-order valence-electron chi connectivity index (χ2n) is 7.46. The van der Waals surface area contributed by atoms with Gasteiger partial charge in [0.25, 0.3) is 10.1 Å². The number of aliphatic hydroxyl groups is 1. The molecule has 0 amide bonds. The Bertz CT molecular complexity index is 1580. The summed E-state index contributed by atoms with van der Waals surface area (Å²) >= 11 is 0. The van der Waals surface area contributed by atoms with Gasteiger partial charge in [0, 0.05) is 46.4 Å². The number of nitrogen functional groups attached to an aromatic ring is 1. The van der Waals surface area contributed by atoms with Crippen molar-refractivity contribution in [2.75, 3.05) is 23.4 Å². The molecule has 0 aliphatic heterocycles. The molecule has 0 bridgehead atoms. The Balaban J connectivity index is 0.00000342. The van der Waals surface area contributed by atoms with Crippen LogP contribution < -0.4 is 11.1 Å². The zero-order chi connectivity index (χ0) is 24.8. The van der Waals surface area contributed by atoms with Gasteiger partial charge in [-0.3, -0.25) is 14.1 Å². The molecule has 0 saturated heterocycles. The number of carbonyl (C=O) groups is 2. The normalized spacial score (nSPS) is 13.0. The summed E-state index contributed by atoms with van der Waals surface area (Å²) < 4.78 is 58.3. The van der Waals surface area contributed by atoms with Crippen LogP contribution >= 0.6 is 0 Å². The third kappa shape index (κ3) is 4.91. The predicted octanol–water partition coefficient (Wildman–Crippen LogP) is 1.42. The predicted molar refractivity (Wildman–Crippen MR) is 129 cm³/mol. The first-order chi connectivity index (χ1) is 16.0. The molecule has 3 aromatic carbocycles. The van der Waals surface area contributed by atoms with Gasteiger partial charge in [-0.2, -0.15) is 8.42 Å². The zero-order valence-electron chi connectivity index (χ0n) is 18.3. The molecule has 0 unspecified atom stereocenters. The van der Waals surface area contributed by atoms with Gasteiger partial charge in [-0.05, 0) is 24.3 Å². The first-order valence-electron chi connectivity index (χ1n) is 9.79. The molecular formula is C22H18N2NaO8S2. The maximum Gasteiger partial charge on any atom is 0.296 e. The molecule has 0 heterocycles. The van der Waals surface area contributed by atoms with Crippen molar-refractivity contribution in [2.24, 2.45) is 0 Å². The molecule has 0 aromatic heterocycles. The van der Waals surface area contributed by atoms with Gasteiger partial charge < -0.3 is 16.2 Å². The van der Waals surface area contributed by atoms with Gasteiger partial charge in [-0.25, -0.2) is 8.42 Å². The third-order valence-corrected chi connectivity index (χ3v) is 7.90. The number of fused-ring (bicyclic) bond motifs is 2. The standard InChI is InChI=1S/C22H18N2O8S2.Na/c23-20-17(34(30,31)32)11-16(24-12-4-3-5-13(10-12)33(28,29)9-8-25)18-19(20)22(27)15-7-2-1-6-14(15)21(18)26;/h1-7,10-11,24-25H,8-9,23H2,(H,30,31,32);. The maximum absolute atomic E-state index is 13.3. The molecule has 3 aromatic rings. The summed E-state index contributed by atoms with van der Waals surface area (Å²) in [5, 5.41) is 11.8. The van der Waals surface area contributed by atoms with E-state index in [2.05, 4.69) is 5.32 Å². The molecular weight excluding hydrogens is 507 g/mol. The second-order valence-corrected chi connectivity index (χ2v) is 11.0. The average molecular weight is 526 g/mol. The van der Waals surface area contributed by atoms with Gasteiger partial charge in [0.15, 0.2) is 21.4 Å². The van der Waals surface area contributed by atoms with Crippen molar-refractivity contribution < 1.29 is 36.1 Å². The van der Waals surface area contributed by atoms with Crippen LogP contribution in [0.4, 0.5) is 17.1 Å². The van der Waals surface area contributed by atoms with Gasteiger partial charge in [0.05, 0.1) is 39.8 Å². The minimum Gasteiger partial charge on any atom is -0.397 e. The number of sulfone groups is 1. The van der Waals surface area contributed by atoms with Gasteiger partial charge in [0.2, 0.25) is 0 Å². The number of ketones is 2. The molecule has 13 heteroatoms. The monoisotopic (exact) mass is 525 g/mol. The Morgan fingerprint density at radius 2 is 1.46 bits per heavy atom. The number of rotatable bonds is 6. The van der Waals surface area contributed by atoms with E-state index in [4.69, 9.17) is 10.8 Å². The fraction of sp³-hybridized carbons (Fsp3) is 0.0909. The quantitative estimate of drug-likeness (QED) is 0.163. The summed E-state index contributed by atoms with van der Waals surface area (Å²) in [6.45, 7) is -0.584. The Kier molecular flexibility index (Phi) is 7.58. The summed E-state index contributed by atoms with van der Waals surface area (Å²) in [4.78, 5) is 25.6. The van der Waals surface area contributed by atoms with Crippen LogP contribution in [0.15, 0.2) is 64.4 Å². The fourth-order valence-corrected chi connectivity index (χ4v) is 5.48. The Hall–Kier alpha value is -2.58. The summed E-state index contributed by atoms with van der Waals surface area (Å²) in [6, 6.07) is 12.3. The molecule has 0 saturated carbocycles.